The van der Waals surface area contributed by atoms with Gasteiger partial charge in [-0.2, -0.15) is 18.3 Å². The minimum atomic E-state index is -4.41. The molecule has 0 N–H and O–H groups in total. The number of benzene rings is 1. The van der Waals surface area contributed by atoms with E-state index in [4.69, 9.17) is 0 Å². The van der Waals surface area contributed by atoms with Crippen molar-refractivity contribution in [1.82, 2.24) is 14.6 Å². The molecule has 3 nitrogen and oxygen atoms in total. The summed E-state index contributed by atoms with van der Waals surface area (Å²) in [4.78, 5) is 4.23. The molecule has 0 unspecified atom stereocenters. The molecule has 0 fully saturated rings. The van der Waals surface area contributed by atoms with E-state index in [0.29, 0.717) is 23.3 Å². The molecule has 0 aliphatic heterocycles. The molecule has 0 radical (unpaired) electrons. The monoisotopic (exact) mass is 305 g/mol. The Morgan fingerprint density at radius 2 is 1.91 bits per heavy atom. The minimum absolute atomic E-state index is 0.0881. The van der Waals surface area contributed by atoms with Crippen LogP contribution in [0, 0.1) is 6.92 Å². The number of rotatable bonds is 2. The second-order valence-corrected chi connectivity index (χ2v) is 5.09. The molecule has 0 saturated heterocycles. The molecular formula is C16H14F3N3. The summed E-state index contributed by atoms with van der Waals surface area (Å²) in [7, 11) is 0. The van der Waals surface area contributed by atoms with Crippen molar-refractivity contribution in [2.75, 3.05) is 0 Å². The quantitative estimate of drug-likeness (QED) is 0.707. The second-order valence-electron chi connectivity index (χ2n) is 5.09. The summed E-state index contributed by atoms with van der Waals surface area (Å²) in [6, 6.07) is 7.26. The normalized spacial score (nSPS) is 12.0. The molecular weight excluding hydrogens is 291 g/mol. The zero-order valence-electron chi connectivity index (χ0n) is 12.1. The molecule has 0 atom stereocenters. The number of nitrogens with zero attached hydrogens (tertiary/aromatic N) is 3. The summed E-state index contributed by atoms with van der Waals surface area (Å²) >= 11 is 0. The Morgan fingerprint density at radius 3 is 2.59 bits per heavy atom. The van der Waals surface area contributed by atoms with Crippen molar-refractivity contribution in [3.63, 3.8) is 0 Å². The zero-order valence-corrected chi connectivity index (χ0v) is 12.1. The van der Waals surface area contributed by atoms with Gasteiger partial charge in [-0.1, -0.05) is 25.1 Å². The van der Waals surface area contributed by atoms with Crippen LogP contribution < -0.4 is 0 Å². The van der Waals surface area contributed by atoms with Gasteiger partial charge in [-0.3, -0.25) is 0 Å². The van der Waals surface area contributed by atoms with Crippen molar-refractivity contribution < 1.29 is 13.2 Å². The van der Waals surface area contributed by atoms with E-state index in [1.807, 2.05) is 6.92 Å². The van der Waals surface area contributed by atoms with Gasteiger partial charge >= 0.3 is 6.18 Å². The third kappa shape index (κ3) is 2.34. The van der Waals surface area contributed by atoms with Crippen LogP contribution >= 0.6 is 0 Å². The molecule has 6 heteroatoms. The average Bonchev–Trinajstić information content (AvgIpc) is 2.87. The van der Waals surface area contributed by atoms with E-state index < -0.39 is 11.7 Å². The van der Waals surface area contributed by atoms with Crippen LogP contribution in [0.4, 0.5) is 13.2 Å². The first-order valence-electron chi connectivity index (χ1n) is 6.92. The number of hydrogen-bond acceptors (Lipinski definition) is 2. The molecule has 0 aliphatic rings. The first-order chi connectivity index (χ1) is 10.4. The third-order valence-electron chi connectivity index (χ3n) is 3.60. The van der Waals surface area contributed by atoms with Crippen LogP contribution in [0.15, 0.2) is 36.5 Å². The van der Waals surface area contributed by atoms with Crippen molar-refractivity contribution in [3.05, 3.63) is 53.3 Å². The SMILES string of the molecule is CCc1cnc2cc(C)c(-c3ccccc3C(F)(F)F)nn12. The molecule has 3 rings (SSSR count). The fraction of sp³-hybridized carbons (Fsp3) is 0.250. The van der Waals surface area contributed by atoms with Gasteiger partial charge in [0.2, 0.25) is 0 Å². The Labute approximate surface area is 125 Å². The highest BCUT2D eigenvalue weighted by molar-refractivity contribution is 5.68. The summed E-state index contributed by atoms with van der Waals surface area (Å²) in [5, 5.41) is 4.40. The molecule has 0 bridgehead atoms. The lowest BCUT2D eigenvalue weighted by Crippen LogP contribution is -2.09. The number of aromatic nitrogens is 3. The van der Waals surface area contributed by atoms with Crippen LogP contribution in [0.3, 0.4) is 0 Å². The van der Waals surface area contributed by atoms with E-state index >= 15 is 0 Å². The van der Waals surface area contributed by atoms with Crippen molar-refractivity contribution in [3.8, 4) is 11.3 Å². The van der Waals surface area contributed by atoms with Crippen LogP contribution in [-0.4, -0.2) is 14.6 Å². The number of halogens is 3. The molecule has 22 heavy (non-hydrogen) atoms. The lowest BCUT2D eigenvalue weighted by Gasteiger charge is -2.14. The highest BCUT2D eigenvalue weighted by atomic mass is 19.4. The summed E-state index contributed by atoms with van der Waals surface area (Å²) in [6.07, 6.45) is -2.01. The fourth-order valence-electron chi connectivity index (χ4n) is 2.50. The van der Waals surface area contributed by atoms with Gasteiger partial charge in [0.15, 0.2) is 5.65 Å². The maximum absolute atomic E-state index is 13.2. The first kappa shape index (κ1) is 14.6. The van der Waals surface area contributed by atoms with E-state index in [1.54, 1.807) is 29.8 Å². The predicted octanol–water partition coefficient (Wildman–Crippen LogP) is 4.29. The summed E-state index contributed by atoms with van der Waals surface area (Å²) < 4.78 is 41.3. The van der Waals surface area contributed by atoms with Crippen LogP contribution in [0.25, 0.3) is 16.9 Å². The first-order valence-corrected chi connectivity index (χ1v) is 6.92. The van der Waals surface area contributed by atoms with Gasteiger partial charge in [-0.05, 0) is 31.0 Å². The lowest BCUT2D eigenvalue weighted by atomic mass is 10.0. The lowest BCUT2D eigenvalue weighted by molar-refractivity contribution is -0.137. The fourth-order valence-corrected chi connectivity index (χ4v) is 2.50. The van der Waals surface area contributed by atoms with Gasteiger partial charge in [0.05, 0.1) is 23.1 Å². The molecule has 0 spiro atoms. The highest BCUT2D eigenvalue weighted by Gasteiger charge is 2.34. The summed E-state index contributed by atoms with van der Waals surface area (Å²) in [5.41, 5.74) is 1.90. The Morgan fingerprint density at radius 1 is 1.18 bits per heavy atom. The number of aryl methyl sites for hydroxylation is 2. The van der Waals surface area contributed by atoms with Crippen LogP contribution in [0.1, 0.15) is 23.7 Å². The third-order valence-corrected chi connectivity index (χ3v) is 3.60. The Balaban J connectivity index is 2.29. The molecule has 0 aliphatic carbocycles. The van der Waals surface area contributed by atoms with Crippen LogP contribution in [0.2, 0.25) is 0 Å². The topological polar surface area (TPSA) is 30.2 Å². The predicted molar refractivity (Wildman–Crippen MR) is 77.5 cm³/mol. The molecule has 0 amide bonds. The standard InChI is InChI=1S/C16H14F3N3/c1-3-11-9-20-14-8-10(2)15(21-22(11)14)12-6-4-5-7-13(12)16(17,18)19/h4-9H,3H2,1-2H3. The second kappa shape index (κ2) is 5.12. The van der Waals surface area contributed by atoms with E-state index in [1.165, 1.54) is 12.1 Å². The molecule has 2 heterocycles. The molecule has 114 valence electrons. The molecule has 3 aromatic rings. The maximum atomic E-state index is 13.2. The molecule has 1 aromatic carbocycles. The van der Waals surface area contributed by atoms with Gasteiger partial charge in [-0.15, -0.1) is 0 Å². The van der Waals surface area contributed by atoms with Crippen LogP contribution in [0.5, 0.6) is 0 Å². The average molecular weight is 305 g/mol. The van der Waals surface area contributed by atoms with Crippen molar-refractivity contribution in [1.29, 1.82) is 0 Å². The van der Waals surface area contributed by atoms with Gasteiger partial charge in [0.25, 0.3) is 0 Å². The Bertz CT molecular complexity index is 834. The van der Waals surface area contributed by atoms with Gasteiger partial charge < -0.3 is 0 Å². The smallest absolute Gasteiger partial charge is 0.235 e. The van der Waals surface area contributed by atoms with Crippen molar-refractivity contribution in [2.24, 2.45) is 0 Å². The number of fused-ring (bicyclic) bond motifs is 1. The van der Waals surface area contributed by atoms with E-state index in [9.17, 15) is 13.2 Å². The zero-order chi connectivity index (χ0) is 15.9. The minimum Gasteiger partial charge on any atom is -0.235 e. The van der Waals surface area contributed by atoms with Gasteiger partial charge in [-0.25, -0.2) is 9.50 Å². The van der Waals surface area contributed by atoms with Gasteiger partial charge in [0.1, 0.15) is 0 Å². The largest absolute Gasteiger partial charge is 0.417 e. The van der Waals surface area contributed by atoms with Crippen molar-refractivity contribution >= 4 is 5.65 Å². The summed E-state index contributed by atoms with van der Waals surface area (Å²) in [6.45, 7) is 3.70. The molecule has 0 saturated carbocycles. The van der Waals surface area contributed by atoms with Crippen molar-refractivity contribution in [2.45, 2.75) is 26.4 Å². The number of imidazole rings is 1. The summed E-state index contributed by atoms with van der Waals surface area (Å²) in [5.74, 6) is 0. The van der Waals surface area contributed by atoms with Gasteiger partial charge in [0, 0.05) is 5.56 Å². The van der Waals surface area contributed by atoms with Crippen LogP contribution in [-0.2, 0) is 12.6 Å². The number of hydrogen-bond donors (Lipinski definition) is 0. The Kier molecular flexibility index (Phi) is 3.39. The van der Waals surface area contributed by atoms with E-state index in [-0.39, 0.29) is 5.56 Å². The molecule has 2 aromatic heterocycles. The maximum Gasteiger partial charge on any atom is 0.417 e. The number of alkyl halides is 3. The Hall–Kier alpha value is -2.37. The highest BCUT2D eigenvalue weighted by Crippen LogP contribution is 2.37. The van der Waals surface area contributed by atoms with E-state index in [2.05, 4.69) is 10.1 Å². The van der Waals surface area contributed by atoms with E-state index in [0.717, 1.165) is 11.8 Å².